The van der Waals surface area contributed by atoms with Gasteiger partial charge >= 0.3 is 5.69 Å². The van der Waals surface area contributed by atoms with E-state index < -0.39 is 4.92 Å². The lowest BCUT2D eigenvalue weighted by atomic mass is 10.3. The van der Waals surface area contributed by atoms with Crippen LogP contribution in [-0.4, -0.2) is 30.8 Å². The summed E-state index contributed by atoms with van der Waals surface area (Å²) in [7, 11) is 1.33. The summed E-state index contributed by atoms with van der Waals surface area (Å²) >= 11 is 1.53. The number of nitro groups is 1. The van der Waals surface area contributed by atoms with E-state index in [1.807, 2.05) is 24.5 Å². The molecule has 126 valence electrons. The van der Waals surface area contributed by atoms with Crippen LogP contribution in [0.25, 0.3) is 0 Å². The molecule has 0 heterocycles. The fraction of sp³-hybridized carbons (Fsp3) is 0.188. The van der Waals surface area contributed by atoms with Gasteiger partial charge in [-0.2, -0.15) is 0 Å². The fourth-order valence-corrected chi connectivity index (χ4v) is 2.54. The van der Waals surface area contributed by atoms with Gasteiger partial charge in [-0.15, -0.1) is 11.8 Å². The van der Waals surface area contributed by atoms with Gasteiger partial charge in [0.2, 0.25) is 5.75 Å². The first-order chi connectivity index (χ1) is 11.5. The molecule has 0 radical (unpaired) electrons. The zero-order valence-electron chi connectivity index (χ0n) is 13.1. The summed E-state index contributed by atoms with van der Waals surface area (Å²) in [6.07, 6.45) is 1.92. The highest BCUT2D eigenvalue weighted by molar-refractivity contribution is 7.98. The van der Waals surface area contributed by atoms with Crippen molar-refractivity contribution in [3.05, 3.63) is 52.6 Å². The third kappa shape index (κ3) is 4.39. The molecule has 1 N–H and O–H groups in total. The predicted molar refractivity (Wildman–Crippen MR) is 92.0 cm³/mol. The summed E-state index contributed by atoms with van der Waals surface area (Å²) < 4.78 is 10.3. The van der Waals surface area contributed by atoms with Crippen LogP contribution >= 0.6 is 11.8 Å². The van der Waals surface area contributed by atoms with Crippen LogP contribution in [0.15, 0.2) is 47.4 Å². The first kappa shape index (κ1) is 17.6. The molecule has 0 aliphatic rings. The number of nitro benzene ring substituents is 1. The Balaban J connectivity index is 2.00. The molecule has 1 amide bonds. The fourth-order valence-electron chi connectivity index (χ4n) is 1.98. The van der Waals surface area contributed by atoms with Crippen molar-refractivity contribution in [3.8, 4) is 11.5 Å². The maximum atomic E-state index is 12.0. The molecule has 0 fully saturated rings. The highest BCUT2D eigenvalue weighted by Crippen LogP contribution is 2.30. The molecule has 8 heteroatoms. The second-order valence-corrected chi connectivity index (χ2v) is 5.48. The average Bonchev–Trinajstić information content (AvgIpc) is 2.60. The van der Waals surface area contributed by atoms with Gasteiger partial charge in [0.15, 0.2) is 6.61 Å². The molecule has 0 aliphatic heterocycles. The van der Waals surface area contributed by atoms with Crippen LogP contribution < -0.4 is 14.8 Å². The van der Waals surface area contributed by atoms with Crippen LogP contribution in [0.4, 0.5) is 11.4 Å². The van der Waals surface area contributed by atoms with Gasteiger partial charge in [0.1, 0.15) is 5.75 Å². The molecule has 0 aliphatic carbocycles. The summed E-state index contributed by atoms with van der Waals surface area (Å²) in [6, 6.07) is 11.5. The number of carbonyl (C=O) groups excluding carboxylic acids is 1. The van der Waals surface area contributed by atoms with Crippen LogP contribution in [0.5, 0.6) is 11.5 Å². The number of thioether (sulfide) groups is 1. The maximum Gasteiger partial charge on any atom is 0.311 e. The summed E-state index contributed by atoms with van der Waals surface area (Å²) in [5.41, 5.74) is 0.545. The average molecular weight is 348 g/mol. The van der Waals surface area contributed by atoms with Crippen LogP contribution in [-0.2, 0) is 4.79 Å². The smallest absolute Gasteiger partial charge is 0.311 e. The maximum absolute atomic E-state index is 12.0. The summed E-state index contributed by atoms with van der Waals surface area (Å²) in [4.78, 5) is 23.2. The molecule has 0 atom stereocenters. The summed E-state index contributed by atoms with van der Waals surface area (Å²) in [5.74, 6) is 0.0604. The Bertz CT molecular complexity index is 751. The van der Waals surface area contributed by atoms with E-state index in [2.05, 4.69) is 5.32 Å². The highest BCUT2D eigenvalue weighted by Gasteiger charge is 2.15. The van der Waals surface area contributed by atoms with Crippen molar-refractivity contribution in [2.75, 3.05) is 25.3 Å². The molecule has 7 nitrogen and oxygen atoms in total. The number of methoxy groups -OCH3 is 1. The monoisotopic (exact) mass is 348 g/mol. The van der Waals surface area contributed by atoms with E-state index in [1.165, 1.54) is 37.1 Å². The van der Waals surface area contributed by atoms with Crippen LogP contribution in [0.2, 0.25) is 0 Å². The molecule has 24 heavy (non-hydrogen) atoms. The second-order valence-electron chi connectivity index (χ2n) is 4.63. The Morgan fingerprint density at radius 3 is 2.71 bits per heavy atom. The molecule has 0 saturated carbocycles. The number of amides is 1. The molecule has 2 aromatic rings. The van der Waals surface area contributed by atoms with Gasteiger partial charge < -0.3 is 14.8 Å². The van der Waals surface area contributed by atoms with E-state index in [1.54, 1.807) is 6.07 Å². The van der Waals surface area contributed by atoms with Gasteiger partial charge in [0.25, 0.3) is 5.91 Å². The number of para-hydroxylation sites is 1. The third-order valence-electron chi connectivity index (χ3n) is 3.10. The summed E-state index contributed by atoms with van der Waals surface area (Å²) in [6.45, 7) is -0.219. The SMILES string of the molecule is COc1cc(OCC(=O)Nc2ccccc2SC)ccc1[N+](=O)[O-]. The minimum atomic E-state index is -0.547. The normalized spacial score (nSPS) is 10.1. The topological polar surface area (TPSA) is 90.7 Å². The highest BCUT2D eigenvalue weighted by atomic mass is 32.2. The Kier molecular flexibility index (Phi) is 6.02. The van der Waals surface area contributed by atoms with Crippen LogP contribution in [0, 0.1) is 10.1 Å². The van der Waals surface area contributed by atoms with Gasteiger partial charge in [0, 0.05) is 17.0 Å². The van der Waals surface area contributed by atoms with E-state index in [9.17, 15) is 14.9 Å². The van der Waals surface area contributed by atoms with Crippen molar-refractivity contribution >= 4 is 29.0 Å². The predicted octanol–water partition coefficient (Wildman–Crippen LogP) is 3.34. The van der Waals surface area contributed by atoms with Gasteiger partial charge in [-0.05, 0) is 24.5 Å². The van der Waals surface area contributed by atoms with Crippen molar-refractivity contribution in [1.82, 2.24) is 0 Å². The second kappa shape index (κ2) is 8.21. The van der Waals surface area contributed by atoms with Crippen molar-refractivity contribution in [3.63, 3.8) is 0 Å². The zero-order chi connectivity index (χ0) is 17.5. The number of nitrogens with one attached hydrogen (secondary N) is 1. The number of rotatable bonds is 7. The molecule has 0 bridgehead atoms. The van der Waals surface area contributed by atoms with E-state index >= 15 is 0 Å². The van der Waals surface area contributed by atoms with Gasteiger partial charge in [0.05, 0.1) is 17.7 Å². The molecule has 0 saturated heterocycles. The molecule has 0 aromatic heterocycles. The Morgan fingerprint density at radius 1 is 1.29 bits per heavy atom. The van der Waals surface area contributed by atoms with Crippen molar-refractivity contribution in [1.29, 1.82) is 0 Å². The molecule has 0 unspecified atom stereocenters. The minimum Gasteiger partial charge on any atom is -0.490 e. The Hall–Kier alpha value is -2.74. The van der Waals surface area contributed by atoms with Crippen molar-refractivity contribution in [2.24, 2.45) is 0 Å². The van der Waals surface area contributed by atoms with E-state index in [0.29, 0.717) is 11.4 Å². The molecule has 0 spiro atoms. The number of ether oxygens (including phenoxy) is 2. The zero-order valence-corrected chi connectivity index (χ0v) is 14.0. The standard InChI is InChI=1S/C16H16N2O5S/c1-22-14-9-11(7-8-13(14)18(20)21)23-10-16(19)17-12-5-3-4-6-15(12)24-2/h3-9H,10H2,1-2H3,(H,17,19). The Labute approximate surface area is 143 Å². The molecular weight excluding hydrogens is 332 g/mol. The number of benzene rings is 2. The Morgan fingerprint density at radius 2 is 2.04 bits per heavy atom. The summed E-state index contributed by atoms with van der Waals surface area (Å²) in [5, 5.41) is 13.6. The van der Waals surface area contributed by atoms with Crippen LogP contribution in [0.3, 0.4) is 0 Å². The van der Waals surface area contributed by atoms with E-state index in [0.717, 1.165) is 4.90 Å². The molecule has 2 rings (SSSR count). The van der Waals surface area contributed by atoms with E-state index in [-0.39, 0.29) is 24.0 Å². The number of hydrogen-bond donors (Lipinski definition) is 1. The number of anilines is 1. The van der Waals surface area contributed by atoms with Crippen molar-refractivity contribution in [2.45, 2.75) is 4.90 Å². The minimum absolute atomic E-state index is 0.0747. The van der Waals surface area contributed by atoms with E-state index in [4.69, 9.17) is 9.47 Å². The lowest BCUT2D eigenvalue weighted by Gasteiger charge is -2.11. The van der Waals surface area contributed by atoms with Gasteiger partial charge in [-0.3, -0.25) is 14.9 Å². The largest absolute Gasteiger partial charge is 0.490 e. The molecular formula is C16H16N2O5S. The number of carbonyl (C=O) groups is 1. The number of hydrogen-bond acceptors (Lipinski definition) is 6. The third-order valence-corrected chi connectivity index (χ3v) is 3.89. The van der Waals surface area contributed by atoms with Gasteiger partial charge in [-0.1, -0.05) is 12.1 Å². The first-order valence-electron chi connectivity index (χ1n) is 6.93. The van der Waals surface area contributed by atoms with Crippen LogP contribution in [0.1, 0.15) is 0 Å². The lowest BCUT2D eigenvalue weighted by molar-refractivity contribution is -0.385. The van der Waals surface area contributed by atoms with Crippen molar-refractivity contribution < 1.29 is 19.2 Å². The quantitative estimate of drug-likeness (QED) is 0.469. The first-order valence-corrected chi connectivity index (χ1v) is 8.15. The lowest BCUT2D eigenvalue weighted by Crippen LogP contribution is -2.20. The number of nitrogens with zero attached hydrogens (tertiary/aromatic N) is 1. The molecule has 2 aromatic carbocycles. The van der Waals surface area contributed by atoms with Gasteiger partial charge in [-0.25, -0.2) is 0 Å².